The van der Waals surface area contributed by atoms with Crippen molar-refractivity contribution in [1.82, 2.24) is 14.8 Å². The second kappa shape index (κ2) is 12.2. The molecule has 0 spiro atoms. The fourth-order valence-electron chi connectivity index (χ4n) is 4.13. The Hall–Kier alpha value is -3.94. The number of hydrogen-bond acceptors (Lipinski definition) is 5. The number of para-hydroxylation sites is 1. The number of hydrogen-bond donors (Lipinski definition) is 1. The smallest absolute Gasteiger partial charge is 0.246 e. The molecular weight excluding hydrogens is 454 g/mol. The van der Waals surface area contributed by atoms with E-state index in [1.165, 1.54) is 6.08 Å². The number of aryl methyl sites for hydroxylation is 1. The molecule has 1 aromatic carbocycles. The van der Waals surface area contributed by atoms with Crippen molar-refractivity contribution in [2.75, 3.05) is 43.9 Å². The Morgan fingerprint density at radius 2 is 1.83 bits per heavy atom. The molecular formula is C28H35N5O3. The zero-order chi connectivity index (χ0) is 26.2. The summed E-state index contributed by atoms with van der Waals surface area (Å²) in [5.74, 6) is 0.147. The Balaban J connectivity index is 1.49. The van der Waals surface area contributed by atoms with Gasteiger partial charge in [0.1, 0.15) is 5.82 Å². The zero-order valence-corrected chi connectivity index (χ0v) is 21.5. The van der Waals surface area contributed by atoms with Crippen LogP contribution in [-0.4, -0.2) is 66.2 Å². The van der Waals surface area contributed by atoms with Gasteiger partial charge in [0.2, 0.25) is 17.7 Å². The molecule has 0 bridgehead atoms. The van der Waals surface area contributed by atoms with Crippen LogP contribution in [-0.2, 0) is 14.4 Å². The number of nitrogens with zero attached hydrogens (tertiary/aromatic N) is 4. The van der Waals surface area contributed by atoms with E-state index in [1.807, 2.05) is 43.1 Å². The van der Waals surface area contributed by atoms with Crippen LogP contribution < -0.4 is 10.2 Å². The summed E-state index contributed by atoms with van der Waals surface area (Å²) in [5, 5.41) is 2.85. The van der Waals surface area contributed by atoms with E-state index in [0.29, 0.717) is 38.3 Å². The number of likely N-dealkylation sites (N-methyl/N-ethyl adjacent to an activating group) is 2. The Morgan fingerprint density at radius 1 is 1.14 bits per heavy atom. The van der Waals surface area contributed by atoms with E-state index < -0.39 is 0 Å². The van der Waals surface area contributed by atoms with E-state index in [4.69, 9.17) is 0 Å². The van der Waals surface area contributed by atoms with Gasteiger partial charge in [0.15, 0.2) is 0 Å². The third-order valence-electron chi connectivity index (χ3n) is 6.51. The number of benzene rings is 1. The molecule has 190 valence electrons. The molecule has 1 saturated heterocycles. The van der Waals surface area contributed by atoms with E-state index in [2.05, 4.69) is 16.9 Å². The molecule has 8 nitrogen and oxygen atoms in total. The number of carbonyl (C=O) groups excluding carboxylic acids is 3. The first-order valence-electron chi connectivity index (χ1n) is 12.1. The first-order valence-corrected chi connectivity index (χ1v) is 12.1. The molecule has 1 aliphatic heterocycles. The topological polar surface area (TPSA) is 85.8 Å². The Labute approximate surface area is 213 Å². The molecule has 3 amide bonds. The fourth-order valence-corrected chi connectivity index (χ4v) is 4.13. The molecule has 1 aromatic heterocycles. The highest BCUT2D eigenvalue weighted by Gasteiger charge is 2.26. The van der Waals surface area contributed by atoms with Gasteiger partial charge in [-0.15, -0.1) is 0 Å². The Bertz CT molecular complexity index is 1130. The van der Waals surface area contributed by atoms with Crippen LogP contribution in [0.2, 0.25) is 0 Å². The van der Waals surface area contributed by atoms with Gasteiger partial charge >= 0.3 is 0 Å². The van der Waals surface area contributed by atoms with E-state index in [0.717, 1.165) is 22.5 Å². The summed E-state index contributed by atoms with van der Waals surface area (Å²) < 4.78 is 0. The Morgan fingerprint density at radius 3 is 2.44 bits per heavy atom. The SMILES string of the molecule is C=C(CN(C)C(=O)/C=C/c1ccc(NC(=O)C2CCN(C(C)=O)CC2)nc1)N(C)c1ccccc1C. The fraction of sp³-hybridized carbons (Fsp3) is 0.357. The summed E-state index contributed by atoms with van der Waals surface area (Å²) in [6.07, 6.45) is 6.11. The number of nitrogens with one attached hydrogen (secondary N) is 1. The summed E-state index contributed by atoms with van der Waals surface area (Å²) in [6.45, 7) is 9.32. The van der Waals surface area contributed by atoms with Gasteiger partial charge in [0.25, 0.3) is 0 Å². The quantitative estimate of drug-likeness (QED) is 0.572. The normalized spacial score (nSPS) is 13.9. The van der Waals surface area contributed by atoms with Gasteiger partial charge in [-0.3, -0.25) is 14.4 Å². The zero-order valence-electron chi connectivity index (χ0n) is 21.5. The van der Waals surface area contributed by atoms with Gasteiger partial charge in [0.05, 0.1) is 6.54 Å². The minimum atomic E-state index is -0.149. The van der Waals surface area contributed by atoms with Crippen molar-refractivity contribution in [2.24, 2.45) is 5.92 Å². The summed E-state index contributed by atoms with van der Waals surface area (Å²) in [4.78, 5) is 46.3. The molecule has 2 heterocycles. The maximum atomic E-state index is 12.6. The number of anilines is 2. The highest BCUT2D eigenvalue weighted by molar-refractivity contribution is 5.93. The average molecular weight is 490 g/mol. The van der Waals surface area contributed by atoms with Crippen molar-refractivity contribution in [2.45, 2.75) is 26.7 Å². The first-order chi connectivity index (χ1) is 17.2. The molecule has 3 rings (SSSR count). The standard InChI is InChI=1S/C28H35N5O3/c1-20-8-6-7-9-25(20)32(5)21(2)19-31(4)27(35)13-11-23-10-12-26(29-18-23)30-28(36)24-14-16-33(17-15-24)22(3)34/h6-13,18,24H,2,14-17,19H2,1,3-5H3,(H,29,30,36)/b13-11+. The van der Waals surface area contributed by atoms with Crippen LogP contribution in [0.15, 0.2) is 60.9 Å². The maximum Gasteiger partial charge on any atom is 0.246 e. The van der Waals surface area contributed by atoms with E-state index in [9.17, 15) is 14.4 Å². The number of likely N-dealkylation sites (tertiary alicyclic amines) is 1. The molecule has 36 heavy (non-hydrogen) atoms. The van der Waals surface area contributed by atoms with Crippen molar-refractivity contribution in [3.05, 3.63) is 72.1 Å². The molecule has 1 aliphatic rings. The molecule has 0 atom stereocenters. The Kier molecular flexibility index (Phi) is 9.00. The van der Waals surface area contributed by atoms with Gasteiger partial charge in [-0.2, -0.15) is 0 Å². The van der Waals surface area contributed by atoms with E-state index in [-0.39, 0.29) is 23.6 Å². The van der Waals surface area contributed by atoms with Gasteiger partial charge < -0.3 is 20.0 Å². The predicted molar refractivity (Wildman–Crippen MR) is 143 cm³/mol. The number of carbonyl (C=O) groups is 3. The van der Waals surface area contributed by atoms with Gasteiger partial charge in [-0.05, 0) is 55.2 Å². The lowest BCUT2D eigenvalue weighted by molar-refractivity contribution is -0.132. The molecule has 8 heteroatoms. The lowest BCUT2D eigenvalue weighted by atomic mass is 9.96. The number of amides is 3. The summed E-state index contributed by atoms with van der Waals surface area (Å²) in [5.41, 5.74) is 3.75. The number of aromatic nitrogens is 1. The summed E-state index contributed by atoms with van der Waals surface area (Å²) in [7, 11) is 3.68. The van der Waals surface area contributed by atoms with Gasteiger partial charge in [-0.1, -0.05) is 24.8 Å². The molecule has 0 radical (unpaired) electrons. The van der Waals surface area contributed by atoms with Crippen LogP contribution in [0.3, 0.4) is 0 Å². The van der Waals surface area contributed by atoms with Gasteiger partial charge in [0, 0.05) is 63.7 Å². The third-order valence-corrected chi connectivity index (χ3v) is 6.51. The second-order valence-electron chi connectivity index (χ2n) is 9.19. The van der Waals surface area contributed by atoms with Crippen molar-refractivity contribution in [3.8, 4) is 0 Å². The second-order valence-corrected chi connectivity index (χ2v) is 9.19. The number of rotatable bonds is 8. The summed E-state index contributed by atoms with van der Waals surface area (Å²) >= 11 is 0. The van der Waals surface area contributed by atoms with Crippen molar-refractivity contribution in [3.63, 3.8) is 0 Å². The van der Waals surface area contributed by atoms with Gasteiger partial charge in [-0.25, -0.2) is 4.98 Å². The lowest BCUT2D eigenvalue weighted by Crippen LogP contribution is -2.40. The maximum absolute atomic E-state index is 12.6. The van der Waals surface area contributed by atoms with Crippen molar-refractivity contribution >= 4 is 35.3 Å². The molecule has 0 unspecified atom stereocenters. The predicted octanol–water partition coefficient (Wildman–Crippen LogP) is 3.71. The van der Waals surface area contributed by atoms with Crippen LogP contribution in [0.4, 0.5) is 11.5 Å². The monoisotopic (exact) mass is 489 g/mol. The van der Waals surface area contributed by atoms with Crippen LogP contribution >= 0.6 is 0 Å². The number of piperidine rings is 1. The van der Waals surface area contributed by atoms with Crippen LogP contribution in [0.25, 0.3) is 6.08 Å². The minimum Gasteiger partial charge on any atom is -0.347 e. The lowest BCUT2D eigenvalue weighted by Gasteiger charge is -2.30. The van der Waals surface area contributed by atoms with E-state index >= 15 is 0 Å². The minimum absolute atomic E-state index is 0.0448. The molecule has 0 aliphatic carbocycles. The van der Waals surface area contributed by atoms with E-state index in [1.54, 1.807) is 48.2 Å². The van der Waals surface area contributed by atoms with Crippen molar-refractivity contribution < 1.29 is 14.4 Å². The molecule has 2 aromatic rings. The molecule has 1 fully saturated rings. The highest BCUT2D eigenvalue weighted by Crippen LogP contribution is 2.22. The van der Waals surface area contributed by atoms with Crippen LogP contribution in [0.1, 0.15) is 30.9 Å². The van der Waals surface area contributed by atoms with Crippen LogP contribution in [0.5, 0.6) is 0 Å². The van der Waals surface area contributed by atoms with Crippen molar-refractivity contribution in [1.29, 1.82) is 0 Å². The van der Waals surface area contributed by atoms with Crippen LogP contribution in [0, 0.1) is 12.8 Å². The number of pyridine rings is 1. The third kappa shape index (κ3) is 7.04. The summed E-state index contributed by atoms with van der Waals surface area (Å²) in [6, 6.07) is 11.6. The highest BCUT2D eigenvalue weighted by atomic mass is 16.2. The first kappa shape index (κ1) is 26.7. The largest absolute Gasteiger partial charge is 0.347 e. The molecule has 1 N–H and O–H groups in total. The molecule has 0 saturated carbocycles. The average Bonchev–Trinajstić information content (AvgIpc) is 2.87.